The molecule has 4 rings (SSSR count). The molecule has 2 N–H and O–H groups in total. The molecule has 1 aliphatic rings. The van der Waals surface area contributed by atoms with Crippen molar-refractivity contribution >= 4 is 26.4 Å². The van der Waals surface area contributed by atoms with Crippen molar-refractivity contribution in [3.63, 3.8) is 0 Å². The van der Waals surface area contributed by atoms with Crippen LogP contribution in [0.2, 0.25) is 0 Å². The van der Waals surface area contributed by atoms with Crippen molar-refractivity contribution in [1.29, 1.82) is 4.78 Å². The average Bonchev–Trinajstić information content (AvgIpc) is 3.30. The predicted octanol–water partition coefficient (Wildman–Crippen LogP) is 3.73. The number of aromatic nitrogens is 2. The topological polar surface area (TPSA) is 110 Å². The molecular weight excluding hydrogens is 418 g/mol. The van der Waals surface area contributed by atoms with E-state index in [1.807, 2.05) is 12.1 Å². The molecule has 2 heterocycles. The maximum Gasteiger partial charge on any atom is 0.178 e. The average molecular weight is 442 g/mol. The van der Waals surface area contributed by atoms with E-state index in [0.29, 0.717) is 34.5 Å². The number of benzene rings is 2. The Morgan fingerprint density at radius 2 is 2.13 bits per heavy atom. The highest BCUT2D eigenvalue weighted by atomic mass is 32.2. The zero-order valence-electron chi connectivity index (χ0n) is 17.2. The third-order valence-electron chi connectivity index (χ3n) is 4.80. The second-order valence-corrected chi connectivity index (χ2v) is 9.20. The highest BCUT2D eigenvalue weighted by Crippen LogP contribution is 2.34. The van der Waals surface area contributed by atoms with E-state index in [4.69, 9.17) is 19.0 Å². The minimum Gasteiger partial charge on any atom is -0.493 e. The van der Waals surface area contributed by atoms with Crippen molar-refractivity contribution < 1.29 is 18.4 Å². The molecule has 0 aliphatic carbocycles. The molecule has 3 aromatic rings. The lowest BCUT2D eigenvalue weighted by atomic mass is 10.2. The van der Waals surface area contributed by atoms with E-state index in [0.717, 1.165) is 10.9 Å². The van der Waals surface area contributed by atoms with Crippen LogP contribution in [0.5, 0.6) is 11.5 Å². The van der Waals surface area contributed by atoms with Gasteiger partial charge in [-0.05, 0) is 23.8 Å². The van der Waals surface area contributed by atoms with Crippen LogP contribution < -0.4 is 14.9 Å². The number of methoxy groups -OCH3 is 1. The van der Waals surface area contributed by atoms with E-state index in [9.17, 15) is 4.21 Å². The van der Waals surface area contributed by atoms with E-state index < -0.39 is 9.73 Å². The lowest BCUT2D eigenvalue weighted by molar-refractivity contribution is 0.190. The van der Waals surface area contributed by atoms with Gasteiger partial charge in [0.25, 0.3) is 0 Å². The summed E-state index contributed by atoms with van der Waals surface area (Å²) in [6.45, 7) is 2.36. The molecule has 9 nitrogen and oxygen atoms in total. The van der Waals surface area contributed by atoms with Crippen LogP contribution in [-0.2, 0) is 21.1 Å². The van der Waals surface area contributed by atoms with Crippen molar-refractivity contribution in [2.75, 3.05) is 25.0 Å². The van der Waals surface area contributed by atoms with Crippen LogP contribution in [0.4, 0.5) is 5.82 Å². The highest BCUT2D eigenvalue weighted by molar-refractivity contribution is 7.92. The van der Waals surface area contributed by atoms with E-state index in [1.54, 1.807) is 55.8 Å². The zero-order valence-corrected chi connectivity index (χ0v) is 18.0. The molecule has 10 heteroatoms. The molecular formula is C21H23N5O4S. The van der Waals surface area contributed by atoms with E-state index in [-0.39, 0.29) is 12.4 Å². The van der Waals surface area contributed by atoms with E-state index in [2.05, 4.69) is 15.4 Å². The summed E-state index contributed by atoms with van der Waals surface area (Å²) in [6.07, 6.45) is 4.84. The van der Waals surface area contributed by atoms with Gasteiger partial charge in [-0.1, -0.05) is 19.1 Å². The van der Waals surface area contributed by atoms with Gasteiger partial charge in [0.2, 0.25) is 0 Å². The van der Waals surface area contributed by atoms with Gasteiger partial charge in [-0.15, -0.1) is 0 Å². The highest BCUT2D eigenvalue weighted by Gasteiger charge is 2.14. The third kappa shape index (κ3) is 4.48. The molecule has 1 unspecified atom stereocenters. The quantitative estimate of drug-likeness (QED) is 0.544. The molecule has 2 aromatic carbocycles. The van der Waals surface area contributed by atoms with Gasteiger partial charge >= 0.3 is 0 Å². The molecule has 0 fully saturated rings. The van der Waals surface area contributed by atoms with Crippen LogP contribution in [-0.4, -0.2) is 38.8 Å². The Hall–Kier alpha value is -3.53. The second kappa shape index (κ2) is 8.68. The van der Waals surface area contributed by atoms with Gasteiger partial charge in [0.1, 0.15) is 19.2 Å². The fraction of sp³-hybridized carbons (Fsp3) is 0.238. The summed E-state index contributed by atoms with van der Waals surface area (Å²) in [7, 11) is -1.21. The molecule has 31 heavy (non-hydrogen) atoms. The minimum atomic E-state index is -2.78. The van der Waals surface area contributed by atoms with Crippen LogP contribution in [0.1, 0.15) is 12.5 Å². The molecule has 0 amide bonds. The first-order valence-corrected chi connectivity index (χ1v) is 11.4. The molecule has 0 spiro atoms. The summed E-state index contributed by atoms with van der Waals surface area (Å²) < 4.78 is 37.1. The number of hydrogen-bond donors (Lipinski definition) is 2. The van der Waals surface area contributed by atoms with Crippen LogP contribution in [0.15, 0.2) is 60.1 Å². The minimum absolute atomic E-state index is 0.237. The lowest BCUT2D eigenvalue weighted by Gasteiger charge is -2.18. The van der Waals surface area contributed by atoms with Gasteiger partial charge in [0.05, 0.1) is 28.6 Å². The van der Waals surface area contributed by atoms with Crippen molar-refractivity contribution in [2.45, 2.75) is 18.4 Å². The van der Waals surface area contributed by atoms with Gasteiger partial charge in [0, 0.05) is 22.1 Å². The molecule has 162 valence electrons. The summed E-state index contributed by atoms with van der Waals surface area (Å²) in [5.41, 5.74) is 4.67. The predicted molar refractivity (Wildman–Crippen MR) is 117 cm³/mol. The molecule has 0 saturated heterocycles. The van der Waals surface area contributed by atoms with Crippen molar-refractivity contribution in [2.24, 2.45) is 0 Å². The first-order valence-electron chi connectivity index (χ1n) is 9.62. The maximum absolute atomic E-state index is 12.4. The summed E-state index contributed by atoms with van der Waals surface area (Å²) in [4.78, 5) is 9.17. The Labute approximate surface area is 180 Å². The number of rotatable bonds is 8. The molecule has 0 saturated carbocycles. The second-order valence-electron chi connectivity index (χ2n) is 6.81. The fourth-order valence-electron chi connectivity index (χ4n) is 3.08. The van der Waals surface area contributed by atoms with Crippen molar-refractivity contribution in [3.8, 4) is 11.5 Å². The molecule has 1 aliphatic heterocycles. The van der Waals surface area contributed by atoms with Gasteiger partial charge in [0.15, 0.2) is 24.0 Å². The van der Waals surface area contributed by atoms with Crippen molar-refractivity contribution in [3.05, 3.63) is 60.8 Å². The van der Waals surface area contributed by atoms with Crippen LogP contribution >= 0.6 is 0 Å². The SMILES string of the molecule is CCS(=N)(=O)c1cccc(COc2cc3ncnc(NN4C=COC4)c3cc2OC)c1. The summed E-state index contributed by atoms with van der Waals surface area (Å²) in [6, 6.07) is 10.7. The summed E-state index contributed by atoms with van der Waals surface area (Å²) >= 11 is 0. The van der Waals surface area contributed by atoms with Gasteiger partial charge in [-0.25, -0.2) is 19.0 Å². The first-order chi connectivity index (χ1) is 15.0. The fourth-order valence-corrected chi connectivity index (χ4v) is 4.06. The molecule has 0 radical (unpaired) electrons. The molecule has 0 bridgehead atoms. The zero-order chi connectivity index (χ0) is 21.8. The van der Waals surface area contributed by atoms with Crippen LogP contribution in [0.3, 0.4) is 0 Å². The summed E-state index contributed by atoms with van der Waals surface area (Å²) in [5, 5.41) is 2.53. The largest absolute Gasteiger partial charge is 0.493 e. The number of fused-ring (bicyclic) bond motifs is 1. The maximum atomic E-state index is 12.4. The Kier molecular flexibility index (Phi) is 5.81. The monoisotopic (exact) mass is 441 g/mol. The molecule has 1 atom stereocenters. The lowest BCUT2D eigenvalue weighted by Crippen LogP contribution is -2.23. The number of ether oxygens (including phenoxy) is 3. The number of anilines is 1. The number of hydrogen-bond acceptors (Lipinski definition) is 9. The van der Waals surface area contributed by atoms with Gasteiger partial charge in [-0.2, -0.15) is 0 Å². The van der Waals surface area contributed by atoms with E-state index >= 15 is 0 Å². The standard InChI is InChI=1S/C21H23N5O4S/c1-3-31(22,27)16-6-4-5-15(9-16)12-30-20-11-18-17(10-19(20)28-2)21(24-13-23-18)25-26-7-8-29-14-26/h4-11,13,22H,3,12,14H2,1-2H3,(H,23,24,25). The smallest absolute Gasteiger partial charge is 0.178 e. The number of hydrazine groups is 1. The molecule has 1 aromatic heterocycles. The van der Waals surface area contributed by atoms with Gasteiger partial charge < -0.3 is 14.2 Å². The van der Waals surface area contributed by atoms with Crippen molar-refractivity contribution in [1.82, 2.24) is 15.0 Å². The normalized spacial score (nSPS) is 14.8. The Bertz CT molecular complexity index is 1230. The van der Waals surface area contributed by atoms with Gasteiger partial charge in [-0.3, -0.25) is 10.4 Å². The Balaban J connectivity index is 1.59. The van der Waals surface area contributed by atoms with E-state index in [1.165, 1.54) is 6.33 Å². The van der Waals surface area contributed by atoms with Crippen LogP contribution in [0.25, 0.3) is 10.9 Å². The Morgan fingerprint density at radius 3 is 2.87 bits per heavy atom. The first kappa shape index (κ1) is 20.7. The summed E-state index contributed by atoms with van der Waals surface area (Å²) in [5.74, 6) is 1.94. The third-order valence-corrected chi connectivity index (χ3v) is 6.63. The van der Waals surface area contributed by atoms with Crippen LogP contribution in [0, 0.1) is 4.78 Å². The number of nitrogens with zero attached hydrogens (tertiary/aromatic N) is 3. The number of nitrogens with one attached hydrogen (secondary N) is 2. The Morgan fingerprint density at radius 1 is 1.26 bits per heavy atom.